The molecule has 232 valence electrons. The van der Waals surface area contributed by atoms with Crippen LogP contribution in [0.3, 0.4) is 0 Å². The number of unbranched alkanes of at least 4 members (excludes halogenated alkanes) is 6. The van der Waals surface area contributed by atoms with E-state index < -0.39 is 0 Å². The zero-order valence-corrected chi connectivity index (χ0v) is 27.2. The number of esters is 1. The molecule has 4 aliphatic rings. The van der Waals surface area contributed by atoms with Crippen LogP contribution in [0.25, 0.3) is 0 Å². The smallest absolute Gasteiger partial charge is 0.303 e. The first-order chi connectivity index (χ1) is 19.4. The molecule has 5 heteroatoms. The number of carbonyl (C=O) groups excluding carboxylic acids is 3. The Labute approximate surface area is 250 Å². The number of hydrogen-bond donors (Lipinski definition) is 0. The summed E-state index contributed by atoms with van der Waals surface area (Å²) in [6, 6.07) is 0. The first-order valence-electron chi connectivity index (χ1n) is 17.1. The molecule has 0 bridgehead atoms. The third kappa shape index (κ3) is 6.64. The van der Waals surface area contributed by atoms with Crippen molar-refractivity contribution in [2.45, 2.75) is 149 Å². The molecule has 1 amide bonds. The highest BCUT2D eigenvalue weighted by Gasteiger charge is 2.65. The molecule has 0 aromatic heterocycles. The summed E-state index contributed by atoms with van der Waals surface area (Å²) in [5.41, 5.74) is 1.25. The largest absolute Gasteiger partial charge is 0.459 e. The van der Waals surface area contributed by atoms with E-state index in [1.54, 1.807) is 6.92 Å². The highest BCUT2D eigenvalue weighted by atomic mass is 16.6. The van der Waals surface area contributed by atoms with Gasteiger partial charge in [0, 0.05) is 38.8 Å². The van der Waals surface area contributed by atoms with E-state index in [1.807, 2.05) is 18.0 Å². The van der Waals surface area contributed by atoms with E-state index in [1.165, 1.54) is 44.1 Å². The average Bonchev–Trinajstić information content (AvgIpc) is 3.18. The van der Waals surface area contributed by atoms with Crippen LogP contribution < -0.4 is 0 Å². The second kappa shape index (κ2) is 13.3. The lowest BCUT2D eigenvalue weighted by molar-refractivity contribution is -0.180. The van der Waals surface area contributed by atoms with E-state index >= 15 is 0 Å². The number of allylic oxidation sites excluding steroid dienone is 1. The fraction of sp³-hybridized carbons (Fsp3) is 0.861. The summed E-state index contributed by atoms with van der Waals surface area (Å²) < 4.78 is 6.10. The lowest BCUT2D eigenvalue weighted by Gasteiger charge is -2.61. The fourth-order valence-electron chi connectivity index (χ4n) is 9.81. The van der Waals surface area contributed by atoms with Gasteiger partial charge in [-0.2, -0.15) is 0 Å². The van der Waals surface area contributed by atoms with E-state index in [0.717, 1.165) is 64.3 Å². The maximum atomic E-state index is 12.5. The highest BCUT2D eigenvalue weighted by Crippen LogP contribution is 2.69. The van der Waals surface area contributed by atoms with Crippen LogP contribution in [0, 0.1) is 34.5 Å². The van der Waals surface area contributed by atoms with Gasteiger partial charge in [0.15, 0.2) is 5.78 Å². The molecule has 0 unspecified atom stereocenters. The van der Waals surface area contributed by atoms with Crippen molar-refractivity contribution in [2.75, 3.05) is 13.6 Å². The third-order valence-corrected chi connectivity index (χ3v) is 12.5. The van der Waals surface area contributed by atoms with Gasteiger partial charge in [-0.3, -0.25) is 14.4 Å². The molecule has 0 saturated heterocycles. The number of fused-ring (bicyclic) bond motifs is 5. The standard InChI is InChI=1S/C36H59NO4/c1-7-8-23-37(6)32(40)16-14-12-10-9-11-13-15-27-24-28-25-29(39)17-20-34(28,3)30-18-21-35(4)31(33(27)30)19-22-36(35,5)41-26(2)38/h25,27,30-31,33H,7-24H2,1-6H3/t27-,30+,31+,33-,34+,35+,36+/m1/s1. The Balaban J connectivity index is 1.35. The molecule has 3 saturated carbocycles. The van der Waals surface area contributed by atoms with Crippen LogP contribution in [0.4, 0.5) is 0 Å². The summed E-state index contributed by atoms with van der Waals surface area (Å²) in [7, 11) is 1.94. The van der Waals surface area contributed by atoms with Gasteiger partial charge in [0.2, 0.25) is 5.91 Å². The van der Waals surface area contributed by atoms with Gasteiger partial charge >= 0.3 is 5.97 Å². The summed E-state index contributed by atoms with van der Waals surface area (Å²) in [5, 5.41) is 0. The van der Waals surface area contributed by atoms with Crippen molar-refractivity contribution in [3.8, 4) is 0 Å². The zero-order chi connectivity index (χ0) is 29.8. The molecule has 7 atom stereocenters. The summed E-state index contributed by atoms with van der Waals surface area (Å²) >= 11 is 0. The maximum Gasteiger partial charge on any atom is 0.303 e. The van der Waals surface area contributed by atoms with Gasteiger partial charge in [-0.05, 0) is 99.9 Å². The van der Waals surface area contributed by atoms with Crippen molar-refractivity contribution in [1.82, 2.24) is 4.90 Å². The Morgan fingerprint density at radius 1 is 0.951 bits per heavy atom. The normalized spacial score (nSPS) is 36.1. The Morgan fingerprint density at radius 3 is 2.34 bits per heavy atom. The molecule has 4 rings (SSSR count). The predicted octanol–water partition coefficient (Wildman–Crippen LogP) is 8.45. The van der Waals surface area contributed by atoms with Gasteiger partial charge in [-0.25, -0.2) is 0 Å². The molecule has 0 aliphatic heterocycles. The maximum absolute atomic E-state index is 12.5. The summed E-state index contributed by atoms with van der Waals surface area (Å²) in [6.07, 6.45) is 20.5. The molecule has 5 nitrogen and oxygen atoms in total. The molecule has 0 spiro atoms. The van der Waals surface area contributed by atoms with Gasteiger partial charge in [0.1, 0.15) is 5.60 Å². The first kappa shape index (κ1) is 32.3. The number of rotatable bonds is 13. The van der Waals surface area contributed by atoms with Crippen molar-refractivity contribution < 1.29 is 19.1 Å². The second-order valence-electron chi connectivity index (χ2n) is 15.0. The van der Waals surface area contributed by atoms with Crippen LogP contribution in [0.2, 0.25) is 0 Å². The van der Waals surface area contributed by atoms with E-state index in [2.05, 4.69) is 27.7 Å². The Morgan fingerprint density at radius 2 is 1.63 bits per heavy atom. The Hall–Kier alpha value is -1.65. The van der Waals surface area contributed by atoms with Gasteiger partial charge in [-0.15, -0.1) is 0 Å². The van der Waals surface area contributed by atoms with E-state index in [-0.39, 0.29) is 22.4 Å². The Bertz CT molecular complexity index is 988. The van der Waals surface area contributed by atoms with Crippen LogP contribution in [0.1, 0.15) is 144 Å². The molecule has 0 aromatic carbocycles. The monoisotopic (exact) mass is 569 g/mol. The molecule has 0 aromatic rings. The molecular weight excluding hydrogens is 510 g/mol. The molecule has 0 heterocycles. The van der Waals surface area contributed by atoms with Gasteiger partial charge in [0.25, 0.3) is 0 Å². The summed E-state index contributed by atoms with van der Waals surface area (Å²) in [6.45, 7) is 11.7. The number of ether oxygens (including phenoxy) is 1. The summed E-state index contributed by atoms with van der Waals surface area (Å²) in [4.78, 5) is 38.8. The predicted molar refractivity (Wildman–Crippen MR) is 165 cm³/mol. The number of nitrogens with zero attached hydrogens (tertiary/aromatic N) is 1. The van der Waals surface area contributed by atoms with Crippen molar-refractivity contribution in [3.63, 3.8) is 0 Å². The minimum Gasteiger partial charge on any atom is -0.459 e. The topological polar surface area (TPSA) is 63.7 Å². The van der Waals surface area contributed by atoms with Gasteiger partial charge in [0.05, 0.1) is 0 Å². The quantitative estimate of drug-likeness (QED) is 0.165. The van der Waals surface area contributed by atoms with Crippen LogP contribution in [-0.2, 0) is 19.1 Å². The van der Waals surface area contributed by atoms with Crippen molar-refractivity contribution in [2.24, 2.45) is 34.5 Å². The average molecular weight is 570 g/mol. The highest BCUT2D eigenvalue weighted by molar-refractivity contribution is 5.91. The van der Waals surface area contributed by atoms with E-state index in [0.29, 0.717) is 48.2 Å². The minimum atomic E-state index is -0.370. The molecule has 0 N–H and O–H groups in total. The second-order valence-corrected chi connectivity index (χ2v) is 15.0. The Kier molecular flexibility index (Phi) is 10.5. The SMILES string of the molecule is CCCCN(C)C(=O)CCCCCCCC[C@@H]1CC2=CC(=O)CC[C@]2(C)[C@H]2CC[C@@]3(C)[C@@H](CC[C@]3(C)OC(C)=O)[C@H]12. The molecule has 41 heavy (non-hydrogen) atoms. The number of amides is 1. The minimum absolute atomic E-state index is 0.0300. The zero-order valence-electron chi connectivity index (χ0n) is 27.2. The van der Waals surface area contributed by atoms with Crippen molar-refractivity contribution in [3.05, 3.63) is 11.6 Å². The molecule has 3 fully saturated rings. The van der Waals surface area contributed by atoms with Crippen LogP contribution >= 0.6 is 0 Å². The third-order valence-electron chi connectivity index (χ3n) is 12.5. The first-order valence-corrected chi connectivity index (χ1v) is 17.1. The van der Waals surface area contributed by atoms with Gasteiger partial charge in [-0.1, -0.05) is 64.9 Å². The van der Waals surface area contributed by atoms with E-state index in [9.17, 15) is 14.4 Å². The van der Waals surface area contributed by atoms with Crippen LogP contribution in [0.5, 0.6) is 0 Å². The molecule has 0 radical (unpaired) electrons. The van der Waals surface area contributed by atoms with Gasteiger partial charge < -0.3 is 9.64 Å². The van der Waals surface area contributed by atoms with Crippen molar-refractivity contribution >= 4 is 17.7 Å². The summed E-state index contributed by atoms with van der Waals surface area (Å²) in [5.74, 6) is 2.96. The van der Waals surface area contributed by atoms with Crippen LogP contribution in [-0.4, -0.2) is 41.8 Å². The van der Waals surface area contributed by atoms with E-state index in [4.69, 9.17) is 4.74 Å². The lowest BCUT2D eigenvalue weighted by Crippen LogP contribution is -2.57. The number of hydrogen-bond acceptors (Lipinski definition) is 4. The lowest BCUT2D eigenvalue weighted by atomic mass is 9.44. The number of carbonyl (C=O) groups is 3. The molecule has 4 aliphatic carbocycles. The van der Waals surface area contributed by atoms with Crippen LogP contribution in [0.15, 0.2) is 11.6 Å². The fourth-order valence-corrected chi connectivity index (χ4v) is 9.81. The molecular formula is C36H59NO4. The number of ketones is 1. The van der Waals surface area contributed by atoms with Crippen molar-refractivity contribution in [1.29, 1.82) is 0 Å².